The molecule has 0 atom stereocenters. The molecule has 0 aliphatic rings. The Hall–Kier alpha value is -1.89. The van der Waals surface area contributed by atoms with Crippen LogP contribution in [0.3, 0.4) is 0 Å². The lowest BCUT2D eigenvalue weighted by Crippen LogP contribution is -2.13. The molecule has 21 heavy (non-hydrogen) atoms. The molecule has 0 amide bonds. The van der Waals surface area contributed by atoms with Crippen LogP contribution in [0.15, 0.2) is 30.3 Å². The van der Waals surface area contributed by atoms with Crippen molar-refractivity contribution in [2.45, 2.75) is 47.0 Å². The van der Waals surface area contributed by atoms with Crippen LogP contribution in [-0.2, 0) is 5.41 Å². The normalized spacial score (nSPS) is 12.3. The molecule has 1 heteroatoms. The van der Waals surface area contributed by atoms with Crippen LogP contribution in [0.2, 0.25) is 0 Å². The topological polar surface area (TPSA) is 12.9 Å². The van der Waals surface area contributed by atoms with Crippen molar-refractivity contribution in [2.24, 2.45) is 0 Å². The van der Waals surface area contributed by atoms with Gasteiger partial charge in [-0.05, 0) is 54.5 Å². The molecule has 0 radical (unpaired) electrons. The monoisotopic (exact) mass is 277 g/mol. The number of nitrogens with zero attached hydrogens (tertiary/aromatic N) is 1. The molecule has 0 saturated heterocycles. The van der Waals surface area contributed by atoms with E-state index in [9.17, 15) is 0 Å². The van der Waals surface area contributed by atoms with Gasteiger partial charge in [-0.1, -0.05) is 45.0 Å². The van der Waals surface area contributed by atoms with Crippen molar-refractivity contribution in [3.63, 3.8) is 0 Å². The second-order valence-corrected chi connectivity index (χ2v) is 7.16. The van der Waals surface area contributed by atoms with E-state index in [1.807, 2.05) is 0 Å². The van der Waals surface area contributed by atoms with Gasteiger partial charge in [0, 0.05) is 10.8 Å². The first-order chi connectivity index (χ1) is 9.79. The van der Waals surface area contributed by atoms with Crippen LogP contribution >= 0.6 is 0 Å². The second-order valence-electron chi connectivity index (χ2n) is 7.16. The number of pyridine rings is 1. The summed E-state index contributed by atoms with van der Waals surface area (Å²) in [6.07, 6.45) is 0. The zero-order valence-electron chi connectivity index (χ0n) is 13.8. The maximum Gasteiger partial charge on any atom is 0.0744 e. The summed E-state index contributed by atoms with van der Waals surface area (Å²) >= 11 is 0. The predicted molar refractivity (Wildman–Crippen MR) is 92.2 cm³/mol. The lowest BCUT2D eigenvalue weighted by atomic mass is 9.81. The lowest BCUT2D eigenvalue weighted by Gasteiger charge is -2.24. The Kier molecular flexibility index (Phi) is 3.05. The summed E-state index contributed by atoms with van der Waals surface area (Å²) in [7, 11) is 0. The molecule has 0 spiro atoms. The standard InChI is InChI=1S/C20H23N/c1-12-7-9-15-17(11-12)21-19-14(3)13(2)8-10-16(19)18(15)20(4,5)6/h7-11H,1-6H3. The van der Waals surface area contributed by atoms with Gasteiger partial charge < -0.3 is 0 Å². The summed E-state index contributed by atoms with van der Waals surface area (Å²) in [5.74, 6) is 0. The third kappa shape index (κ3) is 2.21. The number of rotatable bonds is 0. The molecule has 2 aromatic carbocycles. The second kappa shape index (κ2) is 4.56. The minimum Gasteiger partial charge on any atom is -0.247 e. The summed E-state index contributed by atoms with van der Waals surface area (Å²) in [5, 5.41) is 2.57. The molecule has 0 unspecified atom stereocenters. The number of hydrogen-bond donors (Lipinski definition) is 0. The zero-order valence-corrected chi connectivity index (χ0v) is 13.8. The SMILES string of the molecule is Cc1ccc2c(C(C)(C)C)c3ccc(C)c(C)c3nc2c1. The molecule has 1 aromatic heterocycles. The highest BCUT2D eigenvalue weighted by Crippen LogP contribution is 2.37. The Balaban J connectivity index is 2.61. The van der Waals surface area contributed by atoms with Crippen molar-refractivity contribution >= 4 is 21.8 Å². The maximum absolute atomic E-state index is 4.97. The predicted octanol–water partition coefficient (Wildman–Crippen LogP) is 5.61. The first-order valence-electron chi connectivity index (χ1n) is 7.60. The third-order valence-electron chi connectivity index (χ3n) is 4.38. The van der Waals surface area contributed by atoms with E-state index in [1.54, 1.807) is 0 Å². The van der Waals surface area contributed by atoms with Crippen molar-refractivity contribution in [3.05, 3.63) is 52.6 Å². The summed E-state index contributed by atoms with van der Waals surface area (Å²) in [6.45, 7) is 13.3. The maximum atomic E-state index is 4.97. The van der Waals surface area contributed by atoms with Gasteiger partial charge in [0.1, 0.15) is 0 Å². The van der Waals surface area contributed by atoms with E-state index in [1.165, 1.54) is 33.0 Å². The number of fused-ring (bicyclic) bond motifs is 2. The molecule has 0 N–H and O–H groups in total. The highest BCUT2D eigenvalue weighted by molar-refractivity contribution is 6.00. The summed E-state index contributed by atoms with van der Waals surface area (Å²) in [5.41, 5.74) is 7.63. The fourth-order valence-corrected chi connectivity index (χ4v) is 3.17. The van der Waals surface area contributed by atoms with Gasteiger partial charge in [0.05, 0.1) is 11.0 Å². The van der Waals surface area contributed by atoms with E-state index >= 15 is 0 Å². The highest BCUT2D eigenvalue weighted by Gasteiger charge is 2.22. The van der Waals surface area contributed by atoms with Gasteiger partial charge in [0.2, 0.25) is 0 Å². The highest BCUT2D eigenvalue weighted by atomic mass is 14.7. The molecule has 1 nitrogen and oxygen atoms in total. The average Bonchev–Trinajstić information content (AvgIpc) is 2.39. The van der Waals surface area contributed by atoms with Crippen LogP contribution < -0.4 is 0 Å². The summed E-state index contributed by atoms with van der Waals surface area (Å²) < 4.78 is 0. The van der Waals surface area contributed by atoms with E-state index in [-0.39, 0.29) is 5.41 Å². The number of benzene rings is 2. The van der Waals surface area contributed by atoms with Crippen LogP contribution in [0, 0.1) is 20.8 Å². The van der Waals surface area contributed by atoms with Gasteiger partial charge in [0.25, 0.3) is 0 Å². The van der Waals surface area contributed by atoms with E-state index in [2.05, 4.69) is 71.9 Å². The smallest absolute Gasteiger partial charge is 0.0744 e. The Bertz CT molecular complexity index is 851. The van der Waals surface area contributed by atoms with Crippen LogP contribution in [-0.4, -0.2) is 4.98 Å². The summed E-state index contributed by atoms with van der Waals surface area (Å²) in [4.78, 5) is 4.97. The molecule has 3 rings (SSSR count). The Labute approximate surface area is 127 Å². The van der Waals surface area contributed by atoms with Gasteiger partial charge in [-0.25, -0.2) is 4.98 Å². The number of aromatic nitrogens is 1. The van der Waals surface area contributed by atoms with Gasteiger partial charge in [0.15, 0.2) is 0 Å². The van der Waals surface area contributed by atoms with E-state index in [4.69, 9.17) is 4.98 Å². The third-order valence-corrected chi connectivity index (χ3v) is 4.38. The van der Waals surface area contributed by atoms with E-state index < -0.39 is 0 Å². The number of hydrogen-bond acceptors (Lipinski definition) is 1. The fraction of sp³-hybridized carbons (Fsp3) is 0.350. The van der Waals surface area contributed by atoms with Crippen molar-refractivity contribution < 1.29 is 0 Å². The Morgan fingerprint density at radius 1 is 0.857 bits per heavy atom. The van der Waals surface area contributed by atoms with Crippen LogP contribution in [0.4, 0.5) is 0 Å². The first-order valence-corrected chi connectivity index (χ1v) is 7.60. The zero-order chi connectivity index (χ0) is 15.4. The molecular weight excluding hydrogens is 254 g/mol. The van der Waals surface area contributed by atoms with Crippen molar-refractivity contribution in [1.29, 1.82) is 0 Å². The molecule has 1 heterocycles. The summed E-state index contributed by atoms with van der Waals surface area (Å²) in [6, 6.07) is 11.1. The first kappa shape index (κ1) is 14.1. The van der Waals surface area contributed by atoms with E-state index in [0.29, 0.717) is 0 Å². The average molecular weight is 277 g/mol. The van der Waals surface area contributed by atoms with Crippen molar-refractivity contribution in [2.75, 3.05) is 0 Å². The molecular formula is C20H23N. The van der Waals surface area contributed by atoms with Crippen LogP contribution in [0.5, 0.6) is 0 Å². The largest absolute Gasteiger partial charge is 0.247 e. The number of aryl methyl sites for hydroxylation is 3. The van der Waals surface area contributed by atoms with Gasteiger partial charge >= 0.3 is 0 Å². The fourth-order valence-electron chi connectivity index (χ4n) is 3.17. The molecule has 0 aliphatic heterocycles. The Morgan fingerprint density at radius 2 is 1.52 bits per heavy atom. The molecule has 0 aliphatic carbocycles. The molecule has 108 valence electrons. The van der Waals surface area contributed by atoms with Gasteiger partial charge in [-0.3, -0.25) is 0 Å². The molecule has 3 aromatic rings. The van der Waals surface area contributed by atoms with Crippen molar-refractivity contribution in [1.82, 2.24) is 4.98 Å². The molecule has 0 fully saturated rings. The van der Waals surface area contributed by atoms with E-state index in [0.717, 1.165) is 11.0 Å². The lowest BCUT2D eigenvalue weighted by molar-refractivity contribution is 0.601. The molecule has 0 saturated carbocycles. The van der Waals surface area contributed by atoms with Crippen molar-refractivity contribution in [3.8, 4) is 0 Å². The van der Waals surface area contributed by atoms with Crippen LogP contribution in [0.25, 0.3) is 21.8 Å². The molecule has 0 bridgehead atoms. The minimum atomic E-state index is 0.0936. The Morgan fingerprint density at radius 3 is 2.19 bits per heavy atom. The van der Waals surface area contributed by atoms with Gasteiger partial charge in [-0.15, -0.1) is 0 Å². The van der Waals surface area contributed by atoms with Crippen LogP contribution in [0.1, 0.15) is 43.0 Å². The quantitative estimate of drug-likeness (QED) is 0.487. The van der Waals surface area contributed by atoms with Gasteiger partial charge in [-0.2, -0.15) is 0 Å². The minimum absolute atomic E-state index is 0.0936.